The van der Waals surface area contributed by atoms with E-state index in [4.69, 9.17) is 0 Å². The second-order valence-corrected chi connectivity index (χ2v) is 7.98. The zero-order valence-corrected chi connectivity index (χ0v) is 15.6. The summed E-state index contributed by atoms with van der Waals surface area (Å²) in [5, 5.41) is 2.93. The largest absolute Gasteiger partial charge is 0.352 e. The summed E-state index contributed by atoms with van der Waals surface area (Å²) in [5.41, 5.74) is 4.61. The molecule has 0 radical (unpaired) electrons. The maximum atomic E-state index is 12.1. The third kappa shape index (κ3) is 6.23. The molecule has 2 N–H and O–H groups in total. The molecule has 0 aliphatic carbocycles. The molecule has 0 atom stereocenters. The van der Waals surface area contributed by atoms with E-state index in [9.17, 15) is 13.2 Å². The molecule has 134 valence electrons. The molecule has 0 aliphatic heterocycles. The summed E-state index contributed by atoms with van der Waals surface area (Å²) in [6, 6.07) is 12.9. The molecule has 2 aromatic rings. The molecule has 0 unspecified atom stereocenters. The standard InChI is InChI=1S/C19H24N2O3S/c1-14-6-9-17(13-15(14)2)19(22)20-12-4-5-16-7-10-18(11-8-16)21-25(3,23)24/h6-11,13,21H,4-5,12H2,1-3H3,(H,20,22). The Morgan fingerprint density at radius 1 is 1.00 bits per heavy atom. The average molecular weight is 360 g/mol. The molecule has 0 aliphatic rings. The predicted octanol–water partition coefficient (Wildman–Crippen LogP) is 3.04. The van der Waals surface area contributed by atoms with Crippen LogP contribution in [0.2, 0.25) is 0 Å². The van der Waals surface area contributed by atoms with Gasteiger partial charge in [-0.15, -0.1) is 0 Å². The highest BCUT2D eigenvalue weighted by molar-refractivity contribution is 7.92. The van der Waals surface area contributed by atoms with Crippen molar-refractivity contribution in [2.75, 3.05) is 17.5 Å². The number of carbonyl (C=O) groups excluding carboxylic acids is 1. The van der Waals surface area contributed by atoms with Gasteiger partial charge in [-0.2, -0.15) is 0 Å². The Hall–Kier alpha value is -2.34. The molecule has 2 rings (SSSR count). The fraction of sp³-hybridized carbons (Fsp3) is 0.316. The van der Waals surface area contributed by atoms with Crippen LogP contribution in [0.5, 0.6) is 0 Å². The lowest BCUT2D eigenvalue weighted by atomic mass is 10.1. The molecular formula is C19H24N2O3S. The number of sulfonamides is 1. The van der Waals surface area contributed by atoms with Crippen LogP contribution < -0.4 is 10.0 Å². The highest BCUT2D eigenvalue weighted by Gasteiger charge is 2.06. The van der Waals surface area contributed by atoms with E-state index in [1.165, 1.54) is 5.56 Å². The van der Waals surface area contributed by atoms with Gasteiger partial charge in [0.05, 0.1) is 6.26 Å². The van der Waals surface area contributed by atoms with Crippen LogP contribution in [0.15, 0.2) is 42.5 Å². The van der Waals surface area contributed by atoms with Gasteiger partial charge in [-0.25, -0.2) is 8.42 Å². The Morgan fingerprint density at radius 2 is 1.68 bits per heavy atom. The van der Waals surface area contributed by atoms with Crippen LogP contribution in [0.3, 0.4) is 0 Å². The zero-order chi connectivity index (χ0) is 18.4. The van der Waals surface area contributed by atoms with Gasteiger partial charge in [0.1, 0.15) is 0 Å². The first-order chi connectivity index (χ1) is 11.7. The molecule has 0 bridgehead atoms. The van der Waals surface area contributed by atoms with Gasteiger partial charge in [-0.3, -0.25) is 9.52 Å². The monoisotopic (exact) mass is 360 g/mol. The van der Waals surface area contributed by atoms with Crippen molar-refractivity contribution in [3.05, 3.63) is 64.7 Å². The van der Waals surface area contributed by atoms with E-state index in [1.807, 2.05) is 44.2 Å². The van der Waals surface area contributed by atoms with Crippen LogP contribution in [0.25, 0.3) is 0 Å². The number of rotatable bonds is 7. The van der Waals surface area contributed by atoms with Gasteiger partial charge in [-0.1, -0.05) is 18.2 Å². The van der Waals surface area contributed by atoms with Crippen LogP contribution in [0, 0.1) is 13.8 Å². The van der Waals surface area contributed by atoms with Crippen molar-refractivity contribution in [1.82, 2.24) is 5.32 Å². The molecule has 0 saturated carbocycles. The average Bonchev–Trinajstić information content (AvgIpc) is 2.54. The summed E-state index contributed by atoms with van der Waals surface area (Å²) < 4.78 is 24.8. The minimum atomic E-state index is -3.25. The summed E-state index contributed by atoms with van der Waals surface area (Å²) in [5.74, 6) is -0.0594. The number of hydrogen-bond donors (Lipinski definition) is 2. The van der Waals surface area contributed by atoms with Crippen LogP contribution >= 0.6 is 0 Å². The van der Waals surface area contributed by atoms with E-state index in [0.29, 0.717) is 17.8 Å². The third-order valence-electron chi connectivity index (χ3n) is 3.95. The van der Waals surface area contributed by atoms with Crippen molar-refractivity contribution in [1.29, 1.82) is 0 Å². The van der Waals surface area contributed by atoms with Gasteiger partial charge >= 0.3 is 0 Å². The van der Waals surface area contributed by atoms with Gasteiger partial charge in [0.25, 0.3) is 5.91 Å². The Labute approximate surface area is 149 Å². The number of benzene rings is 2. The Balaban J connectivity index is 1.79. The van der Waals surface area contributed by atoms with Crippen molar-refractivity contribution in [3.63, 3.8) is 0 Å². The van der Waals surface area contributed by atoms with Gasteiger partial charge in [-0.05, 0) is 67.6 Å². The SMILES string of the molecule is Cc1ccc(C(=O)NCCCc2ccc(NS(C)(=O)=O)cc2)cc1C. The third-order valence-corrected chi connectivity index (χ3v) is 4.56. The summed E-state index contributed by atoms with van der Waals surface area (Å²) in [7, 11) is -3.25. The first-order valence-electron chi connectivity index (χ1n) is 8.17. The van der Waals surface area contributed by atoms with E-state index in [-0.39, 0.29) is 5.91 Å². The van der Waals surface area contributed by atoms with E-state index in [2.05, 4.69) is 10.0 Å². The highest BCUT2D eigenvalue weighted by Crippen LogP contribution is 2.12. The predicted molar refractivity (Wildman–Crippen MR) is 101 cm³/mol. The van der Waals surface area contributed by atoms with E-state index >= 15 is 0 Å². The van der Waals surface area contributed by atoms with Gasteiger partial charge < -0.3 is 5.32 Å². The lowest BCUT2D eigenvalue weighted by molar-refractivity contribution is 0.0953. The number of aryl methyl sites for hydroxylation is 3. The maximum absolute atomic E-state index is 12.1. The molecule has 25 heavy (non-hydrogen) atoms. The molecule has 5 nitrogen and oxygen atoms in total. The smallest absolute Gasteiger partial charge is 0.251 e. The summed E-state index contributed by atoms with van der Waals surface area (Å²) >= 11 is 0. The fourth-order valence-corrected chi connectivity index (χ4v) is 3.00. The van der Waals surface area contributed by atoms with E-state index in [0.717, 1.165) is 30.2 Å². The van der Waals surface area contributed by atoms with Crippen molar-refractivity contribution in [3.8, 4) is 0 Å². The second kappa shape index (κ2) is 8.16. The van der Waals surface area contributed by atoms with Crippen LogP contribution in [-0.4, -0.2) is 27.1 Å². The first-order valence-corrected chi connectivity index (χ1v) is 10.1. The van der Waals surface area contributed by atoms with E-state index in [1.54, 1.807) is 12.1 Å². The molecule has 0 heterocycles. The van der Waals surface area contributed by atoms with Gasteiger partial charge in [0.2, 0.25) is 10.0 Å². The number of carbonyl (C=O) groups is 1. The van der Waals surface area contributed by atoms with Gasteiger partial charge in [0, 0.05) is 17.8 Å². The quantitative estimate of drug-likeness (QED) is 0.745. The van der Waals surface area contributed by atoms with Crippen LogP contribution in [0.1, 0.15) is 33.5 Å². The van der Waals surface area contributed by atoms with Crippen molar-refractivity contribution in [2.24, 2.45) is 0 Å². The number of nitrogens with one attached hydrogen (secondary N) is 2. The Kier molecular flexibility index (Phi) is 6.20. The van der Waals surface area contributed by atoms with E-state index < -0.39 is 10.0 Å². The van der Waals surface area contributed by atoms with Gasteiger partial charge in [0.15, 0.2) is 0 Å². The minimum Gasteiger partial charge on any atom is -0.352 e. The Bertz CT molecular complexity index is 843. The molecule has 0 saturated heterocycles. The lowest BCUT2D eigenvalue weighted by Crippen LogP contribution is -2.24. The molecule has 2 aromatic carbocycles. The lowest BCUT2D eigenvalue weighted by Gasteiger charge is -2.08. The number of amides is 1. The molecule has 0 fully saturated rings. The molecular weight excluding hydrogens is 336 g/mol. The first kappa shape index (κ1) is 19.0. The number of anilines is 1. The zero-order valence-electron chi connectivity index (χ0n) is 14.8. The maximum Gasteiger partial charge on any atom is 0.251 e. The fourth-order valence-electron chi connectivity index (χ4n) is 2.43. The minimum absolute atomic E-state index is 0.0594. The normalized spacial score (nSPS) is 11.2. The summed E-state index contributed by atoms with van der Waals surface area (Å²) in [4.78, 5) is 12.1. The second-order valence-electron chi connectivity index (χ2n) is 6.23. The topological polar surface area (TPSA) is 75.3 Å². The Morgan fingerprint density at radius 3 is 2.28 bits per heavy atom. The van der Waals surface area contributed by atoms with Crippen molar-refractivity contribution >= 4 is 21.6 Å². The molecule has 0 spiro atoms. The van der Waals surface area contributed by atoms with Crippen LogP contribution in [-0.2, 0) is 16.4 Å². The molecule has 1 amide bonds. The van der Waals surface area contributed by atoms with Crippen LogP contribution in [0.4, 0.5) is 5.69 Å². The summed E-state index contributed by atoms with van der Waals surface area (Å²) in [6.07, 6.45) is 2.75. The molecule has 6 heteroatoms. The van der Waals surface area contributed by atoms with Crippen molar-refractivity contribution < 1.29 is 13.2 Å². The highest BCUT2D eigenvalue weighted by atomic mass is 32.2. The number of hydrogen-bond acceptors (Lipinski definition) is 3. The van der Waals surface area contributed by atoms with Crippen molar-refractivity contribution in [2.45, 2.75) is 26.7 Å². The molecule has 0 aromatic heterocycles. The summed E-state index contributed by atoms with van der Waals surface area (Å²) in [6.45, 7) is 4.61.